The van der Waals surface area contributed by atoms with Crippen LogP contribution >= 0.6 is 22.9 Å². The summed E-state index contributed by atoms with van der Waals surface area (Å²) in [6.45, 7) is 2.56. The summed E-state index contributed by atoms with van der Waals surface area (Å²) in [5.41, 5.74) is 2.91. The average Bonchev–Trinajstić information content (AvgIpc) is 3.26. The molecule has 190 valence electrons. The first-order valence-electron chi connectivity index (χ1n) is 11.7. The van der Waals surface area contributed by atoms with E-state index in [0.29, 0.717) is 27.8 Å². The van der Waals surface area contributed by atoms with Gasteiger partial charge in [-0.3, -0.25) is 4.79 Å². The molecule has 1 N–H and O–H groups in total. The van der Waals surface area contributed by atoms with Crippen molar-refractivity contribution < 1.29 is 23.8 Å². The number of amides is 1. The quantitative estimate of drug-likeness (QED) is 0.0779. The van der Waals surface area contributed by atoms with Crippen LogP contribution in [0, 0.1) is 0 Å². The van der Waals surface area contributed by atoms with Crippen LogP contribution in [0.5, 0.6) is 17.2 Å². The number of halogens is 1. The van der Waals surface area contributed by atoms with Crippen molar-refractivity contribution in [3.63, 3.8) is 0 Å². The van der Waals surface area contributed by atoms with Gasteiger partial charge in [0.2, 0.25) is 0 Å². The number of fused-ring (bicyclic) bond motifs is 1. The van der Waals surface area contributed by atoms with Crippen LogP contribution in [0.2, 0.25) is 5.02 Å². The predicted octanol–water partition coefficient (Wildman–Crippen LogP) is 6.48. The van der Waals surface area contributed by atoms with E-state index in [2.05, 4.69) is 17.5 Å². The van der Waals surface area contributed by atoms with Gasteiger partial charge in [-0.1, -0.05) is 55.3 Å². The second-order valence-corrected chi connectivity index (χ2v) is 9.35. The molecule has 3 aromatic carbocycles. The molecule has 0 aliphatic carbocycles. The number of nitrogens with zero attached hydrogens (tertiary/aromatic N) is 1. The Morgan fingerprint density at radius 1 is 0.973 bits per heavy atom. The molecule has 0 radical (unpaired) electrons. The van der Waals surface area contributed by atoms with Crippen LogP contribution < -0.4 is 19.6 Å². The Morgan fingerprint density at radius 3 is 2.43 bits per heavy atom. The van der Waals surface area contributed by atoms with Gasteiger partial charge >= 0.3 is 5.97 Å². The molecule has 1 amide bonds. The highest BCUT2D eigenvalue weighted by Crippen LogP contribution is 2.36. The van der Waals surface area contributed by atoms with Crippen molar-refractivity contribution in [2.24, 2.45) is 5.10 Å². The average molecular weight is 537 g/mol. The molecular formula is C28H25ClN2O5S. The number of hydrogen-bond donors (Lipinski definition) is 1. The lowest BCUT2D eigenvalue weighted by atomic mass is 10.2. The fraction of sp³-hybridized carbons (Fsp3) is 0.179. The van der Waals surface area contributed by atoms with Crippen LogP contribution in [0.25, 0.3) is 10.1 Å². The number of thiophene rings is 1. The minimum atomic E-state index is -0.564. The molecule has 0 aliphatic rings. The van der Waals surface area contributed by atoms with E-state index in [1.807, 2.05) is 24.3 Å². The molecule has 0 fully saturated rings. The molecule has 0 atom stereocenters. The van der Waals surface area contributed by atoms with Crippen LogP contribution in [0.4, 0.5) is 0 Å². The van der Waals surface area contributed by atoms with Crippen molar-refractivity contribution >= 4 is 51.1 Å². The number of nitrogens with one attached hydrogen (secondary N) is 1. The first-order chi connectivity index (χ1) is 18.0. The van der Waals surface area contributed by atoms with Crippen molar-refractivity contribution in [1.82, 2.24) is 5.43 Å². The van der Waals surface area contributed by atoms with Gasteiger partial charge in [0.05, 0.1) is 17.8 Å². The molecule has 1 aromatic heterocycles. The lowest BCUT2D eigenvalue weighted by molar-refractivity contribution is -0.123. The minimum Gasteiger partial charge on any atom is -0.494 e. The molecule has 0 bridgehead atoms. The summed E-state index contributed by atoms with van der Waals surface area (Å²) < 4.78 is 17.6. The van der Waals surface area contributed by atoms with Gasteiger partial charge in [-0.05, 0) is 48.9 Å². The maximum Gasteiger partial charge on any atom is 0.355 e. The van der Waals surface area contributed by atoms with E-state index < -0.39 is 11.9 Å². The van der Waals surface area contributed by atoms with E-state index in [1.54, 1.807) is 48.5 Å². The van der Waals surface area contributed by atoms with E-state index in [1.165, 1.54) is 17.6 Å². The summed E-state index contributed by atoms with van der Waals surface area (Å²) in [5.74, 6) is 0.580. The summed E-state index contributed by atoms with van der Waals surface area (Å²) >= 11 is 7.67. The maximum absolute atomic E-state index is 12.8. The Kier molecular flexibility index (Phi) is 9.13. The van der Waals surface area contributed by atoms with Gasteiger partial charge in [0, 0.05) is 15.6 Å². The molecule has 37 heavy (non-hydrogen) atoms. The third kappa shape index (κ3) is 7.09. The molecule has 0 aliphatic heterocycles. The SMILES string of the molecule is CCCCOc1ccc(OCC(=O)NN=Cc2ccccc2OC(=O)c2sc3ccccc3c2Cl)cc1. The van der Waals surface area contributed by atoms with Crippen LogP contribution in [0.1, 0.15) is 35.0 Å². The van der Waals surface area contributed by atoms with Crippen molar-refractivity contribution in [1.29, 1.82) is 0 Å². The fourth-order valence-electron chi connectivity index (χ4n) is 3.29. The smallest absolute Gasteiger partial charge is 0.355 e. The third-order valence-corrected chi connectivity index (χ3v) is 6.85. The molecule has 0 saturated carbocycles. The molecular weight excluding hydrogens is 512 g/mol. The van der Waals surface area contributed by atoms with Crippen LogP contribution in [0.3, 0.4) is 0 Å². The third-order valence-electron chi connectivity index (χ3n) is 5.20. The Hall–Kier alpha value is -3.88. The number of rotatable bonds is 11. The van der Waals surface area contributed by atoms with Crippen molar-refractivity contribution in [3.8, 4) is 17.2 Å². The van der Waals surface area contributed by atoms with Gasteiger partial charge in [0.25, 0.3) is 5.91 Å². The highest BCUT2D eigenvalue weighted by molar-refractivity contribution is 7.21. The number of carbonyl (C=O) groups excluding carboxylic acids is 2. The van der Waals surface area contributed by atoms with Crippen LogP contribution in [-0.4, -0.2) is 31.3 Å². The number of ether oxygens (including phenoxy) is 3. The molecule has 7 nitrogen and oxygen atoms in total. The Bertz CT molecular complexity index is 1400. The van der Waals surface area contributed by atoms with Gasteiger partial charge in [0.1, 0.15) is 22.1 Å². The van der Waals surface area contributed by atoms with Crippen LogP contribution in [0.15, 0.2) is 77.9 Å². The van der Waals surface area contributed by atoms with E-state index in [0.717, 1.165) is 28.7 Å². The van der Waals surface area contributed by atoms with Crippen molar-refractivity contribution in [3.05, 3.63) is 88.3 Å². The molecule has 4 aromatic rings. The molecule has 0 saturated heterocycles. The number of para-hydroxylation sites is 1. The summed E-state index contributed by atoms with van der Waals surface area (Å²) in [4.78, 5) is 25.3. The lowest BCUT2D eigenvalue weighted by Crippen LogP contribution is -2.24. The monoisotopic (exact) mass is 536 g/mol. The lowest BCUT2D eigenvalue weighted by Gasteiger charge is -2.08. The van der Waals surface area contributed by atoms with Gasteiger partial charge < -0.3 is 14.2 Å². The summed E-state index contributed by atoms with van der Waals surface area (Å²) in [7, 11) is 0. The largest absolute Gasteiger partial charge is 0.494 e. The zero-order valence-corrected chi connectivity index (χ0v) is 21.7. The molecule has 1 heterocycles. The number of unbranched alkanes of at least 4 members (excludes halogenated alkanes) is 1. The molecule has 0 unspecified atom stereocenters. The van der Waals surface area contributed by atoms with E-state index >= 15 is 0 Å². The van der Waals surface area contributed by atoms with E-state index in [9.17, 15) is 9.59 Å². The van der Waals surface area contributed by atoms with E-state index in [4.69, 9.17) is 25.8 Å². The second kappa shape index (κ2) is 12.9. The van der Waals surface area contributed by atoms with E-state index in [-0.39, 0.29) is 12.4 Å². The minimum absolute atomic E-state index is 0.214. The summed E-state index contributed by atoms with van der Waals surface area (Å²) in [5, 5.41) is 5.13. The molecule has 0 spiro atoms. The highest BCUT2D eigenvalue weighted by Gasteiger charge is 2.19. The normalized spacial score (nSPS) is 11.0. The van der Waals surface area contributed by atoms with Gasteiger partial charge in [-0.15, -0.1) is 11.3 Å². The number of carbonyl (C=O) groups is 2. The van der Waals surface area contributed by atoms with Gasteiger partial charge in [-0.2, -0.15) is 5.10 Å². The van der Waals surface area contributed by atoms with Crippen molar-refractivity contribution in [2.75, 3.05) is 13.2 Å². The first-order valence-corrected chi connectivity index (χ1v) is 12.9. The topological polar surface area (TPSA) is 86.2 Å². The predicted molar refractivity (Wildman–Crippen MR) is 146 cm³/mol. The number of esters is 1. The number of hydrogen-bond acceptors (Lipinski definition) is 7. The standard InChI is InChI=1S/C28H25ClN2O5S/c1-2-3-16-34-20-12-14-21(15-13-20)35-18-25(32)31-30-17-19-8-4-6-10-23(19)36-28(33)27-26(29)22-9-5-7-11-24(22)37-27/h4-15,17H,2-3,16,18H2,1H3,(H,31,32). The zero-order chi connectivity index (χ0) is 26.0. The highest BCUT2D eigenvalue weighted by atomic mass is 35.5. The number of hydrazone groups is 1. The first kappa shape index (κ1) is 26.2. The fourth-order valence-corrected chi connectivity index (χ4v) is 4.68. The Morgan fingerprint density at radius 2 is 1.68 bits per heavy atom. The number of benzene rings is 3. The van der Waals surface area contributed by atoms with Crippen LogP contribution in [-0.2, 0) is 4.79 Å². The molecule has 9 heteroatoms. The zero-order valence-electron chi connectivity index (χ0n) is 20.1. The van der Waals surface area contributed by atoms with Gasteiger partial charge in [0.15, 0.2) is 6.61 Å². The van der Waals surface area contributed by atoms with Gasteiger partial charge in [-0.25, -0.2) is 10.2 Å². The second-order valence-electron chi connectivity index (χ2n) is 7.92. The Balaban J connectivity index is 1.31. The summed E-state index contributed by atoms with van der Waals surface area (Å²) in [6.07, 6.45) is 3.46. The van der Waals surface area contributed by atoms with Crippen molar-refractivity contribution in [2.45, 2.75) is 19.8 Å². The Labute approximate surface area is 223 Å². The summed E-state index contributed by atoms with van der Waals surface area (Å²) in [6, 6.07) is 21.4. The maximum atomic E-state index is 12.8. The molecule has 4 rings (SSSR count).